The predicted octanol–water partition coefficient (Wildman–Crippen LogP) is 0.0693. The molecule has 0 aliphatic carbocycles. The number of rotatable bonds is 12. The number of carboxylic acids is 1. The first-order chi connectivity index (χ1) is 11.5. The van der Waals surface area contributed by atoms with E-state index in [1.54, 1.807) is 14.2 Å². The van der Waals surface area contributed by atoms with Crippen molar-refractivity contribution >= 4 is 5.97 Å². The largest absolute Gasteiger partial charge is 0.550 e. The number of likely N-dealkylation sites (N-methyl/N-ethyl adjacent to an activating group) is 1. The molecule has 0 atom stereocenters. The fraction of sp³-hybridized carbons (Fsp3) is 0.941. The minimum Gasteiger partial charge on any atom is -0.550 e. The monoisotopic (exact) mass is 349 g/mol. The molecule has 144 valence electrons. The van der Waals surface area contributed by atoms with E-state index in [1.165, 1.54) is 43.4 Å². The van der Waals surface area contributed by atoms with Crippen LogP contribution in [0.2, 0.25) is 0 Å². The fourth-order valence-electron chi connectivity index (χ4n) is 2.43. The van der Waals surface area contributed by atoms with Crippen LogP contribution in [-0.2, 0) is 23.7 Å². The van der Waals surface area contributed by atoms with Gasteiger partial charge in [-0.25, -0.2) is 0 Å². The number of carbonyl (C=O) groups is 1. The number of carbonyl (C=O) groups excluding carboxylic acids is 1. The molecule has 1 aliphatic heterocycles. The molecule has 7 heteroatoms. The molecule has 1 fully saturated rings. The number of hydrogen-bond acceptors (Lipinski definition) is 6. The Hall–Kier alpha value is -0.730. The molecule has 0 unspecified atom stereocenters. The summed E-state index contributed by atoms with van der Waals surface area (Å²) < 4.78 is 21.1. The topological polar surface area (TPSA) is 77.1 Å². The van der Waals surface area contributed by atoms with Gasteiger partial charge in [0.05, 0.1) is 59.8 Å². The van der Waals surface area contributed by atoms with E-state index in [1.807, 2.05) is 0 Å². The summed E-state index contributed by atoms with van der Waals surface area (Å²) in [5, 5.41) is 9.93. The molecule has 0 N–H and O–H groups in total. The van der Waals surface area contributed by atoms with Crippen molar-refractivity contribution in [1.29, 1.82) is 0 Å². The van der Waals surface area contributed by atoms with Crippen molar-refractivity contribution in [3.05, 3.63) is 0 Å². The SMILES string of the molecule is COCCOCCOCCC(=O)[O-].COCC[N+]1(C)CCCCC1. The standard InChI is InChI=1S/C9H20NO.C8H16O5/c1-10(8-9-11-2)6-4-3-5-7-10;1-11-4-5-13-7-6-12-3-2-8(9)10/h3-9H2,1-2H3;2-7H2,1H3,(H,9,10)/q+1;/p-1. The molecule has 0 aromatic rings. The van der Waals surface area contributed by atoms with Crippen LogP contribution in [0.15, 0.2) is 0 Å². The molecule has 0 aromatic heterocycles. The Morgan fingerprint density at radius 1 is 0.875 bits per heavy atom. The van der Waals surface area contributed by atoms with Crippen molar-refractivity contribution < 1.29 is 33.3 Å². The van der Waals surface area contributed by atoms with Crippen LogP contribution in [0.25, 0.3) is 0 Å². The maximum atomic E-state index is 9.93. The third-order valence-corrected chi connectivity index (χ3v) is 3.99. The van der Waals surface area contributed by atoms with Gasteiger partial charge in [0.1, 0.15) is 6.54 Å². The van der Waals surface area contributed by atoms with Crippen molar-refractivity contribution in [3.8, 4) is 0 Å². The summed E-state index contributed by atoms with van der Waals surface area (Å²) >= 11 is 0. The number of piperidine rings is 1. The zero-order chi connectivity index (χ0) is 18.1. The van der Waals surface area contributed by atoms with Gasteiger partial charge in [-0.05, 0) is 19.3 Å². The minimum absolute atomic E-state index is 0.0714. The van der Waals surface area contributed by atoms with Crippen molar-refractivity contribution in [3.63, 3.8) is 0 Å². The highest BCUT2D eigenvalue weighted by Crippen LogP contribution is 2.15. The third kappa shape index (κ3) is 14.8. The molecular weight excluding hydrogens is 314 g/mol. The lowest BCUT2D eigenvalue weighted by atomic mass is 10.1. The van der Waals surface area contributed by atoms with Gasteiger partial charge in [-0.3, -0.25) is 0 Å². The second kappa shape index (κ2) is 15.8. The Balaban J connectivity index is 0.000000446. The first-order valence-corrected chi connectivity index (χ1v) is 8.71. The zero-order valence-electron chi connectivity index (χ0n) is 15.6. The number of nitrogens with zero attached hydrogens (tertiary/aromatic N) is 1. The smallest absolute Gasteiger partial charge is 0.102 e. The molecule has 1 rings (SSSR count). The average Bonchev–Trinajstić information content (AvgIpc) is 2.56. The molecule has 1 heterocycles. The summed E-state index contributed by atoms with van der Waals surface area (Å²) in [6, 6.07) is 0. The van der Waals surface area contributed by atoms with Gasteiger partial charge < -0.3 is 33.3 Å². The maximum absolute atomic E-state index is 9.93. The molecule has 0 saturated carbocycles. The van der Waals surface area contributed by atoms with Crippen LogP contribution in [0.4, 0.5) is 0 Å². The molecule has 0 radical (unpaired) electrons. The van der Waals surface area contributed by atoms with E-state index < -0.39 is 5.97 Å². The summed E-state index contributed by atoms with van der Waals surface area (Å²) in [5.41, 5.74) is 0. The Labute approximate surface area is 146 Å². The van der Waals surface area contributed by atoms with E-state index in [9.17, 15) is 9.90 Å². The lowest BCUT2D eigenvalue weighted by Crippen LogP contribution is -2.49. The van der Waals surface area contributed by atoms with E-state index in [0.29, 0.717) is 26.4 Å². The number of aliphatic carboxylic acids is 1. The van der Waals surface area contributed by atoms with E-state index >= 15 is 0 Å². The van der Waals surface area contributed by atoms with Crippen molar-refractivity contribution in [2.24, 2.45) is 0 Å². The third-order valence-electron chi connectivity index (χ3n) is 3.99. The Morgan fingerprint density at radius 2 is 1.42 bits per heavy atom. The normalized spacial score (nSPS) is 16.3. The summed E-state index contributed by atoms with van der Waals surface area (Å²) in [7, 11) is 5.73. The highest BCUT2D eigenvalue weighted by molar-refractivity contribution is 5.64. The first kappa shape index (κ1) is 23.3. The van der Waals surface area contributed by atoms with Gasteiger partial charge in [0.25, 0.3) is 0 Å². The zero-order valence-corrected chi connectivity index (χ0v) is 15.6. The summed E-state index contributed by atoms with van der Waals surface area (Å²) in [6.07, 6.45) is 4.17. The predicted molar refractivity (Wildman–Crippen MR) is 89.7 cm³/mol. The molecule has 7 nitrogen and oxygen atoms in total. The Kier molecular flexibility index (Phi) is 15.3. The molecule has 1 saturated heterocycles. The molecule has 24 heavy (non-hydrogen) atoms. The molecule has 0 aromatic carbocycles. The van der Waals surface area contributed by atoms with Gasteiger partial charge in [0.2, 0.25) is 0 Å². The molecule has 0 spiro atoms. The van der Waals surface area contributed by atoms with E-state index in [0.717, 1.165) is 6.61 Å². The number of likely N-dealkylation sites (tertiary alicyclic amines) is 1. The lowest BCUT2D eigenvalue weighted by molar-refractivity contribution is -0.914. The molecule has 0 amide bonds. The number of hydrogen-bond donors (Lipinski definition) is 0. The van der Waals surface area contributed by atoms with Gasteiger partial charge >= 0.3 is 0 Å². The summed E-state index contributed by atoms with van der Waals surface area (Å²) in [4.78, 5) is 9.93. The van der Waals surface area contributed by atoms with E-state index in [4.69, 9.17) is 18.9 Å². The average molecular weight is 349 g/mol. The number of carboxylic acid groups (broad SMARTS) is 1. The number of quaternary nitrogens is 1. The van der Waals surface area contributed by atoms with Gasteiger partial charge in [0.15, 0.2) is 0 Å². The number of methoxy groups -OCH3 is 2. The molecule has 1 aliphatic rings. The van der Waals surface area contributed by atoms with Gasteiger partial charge in [0, 0.05) is 26.6 Å². The van der Waals surface area contributed by atoms with Crippen LogP contribution in [0.3, 0.4) is 0 Å². The van der Waals surface area contributed by atoms with Crippen LogP contribution < -0.4 is 5.11 Å². The Morgan fingerprint density at radius 3 is 1.96 bits per heavy atom. The molecule has 0 bridgehead atoms. The van der Waals surface area contributed by atoms with Crippen LogP contribution in [0.5, 0.6) is 0 Å². The highest BCUT2D eigenvalue weighted by Gasteiger charge is 2.23. The number of ether oxygens (including phenoxy) is 4. The maximum Gasteiger partial charge on any atom is 0.102 e. The van der Waals surface area contributed by atoms with Crippen LogP contribution in [-0.4, -0.2) is 91.0 Å². The fourth-order valence-corrected chi connectivity index (χ4v) is 2.43. The second-order valence-corrected chi connectivity index (χ2v) is 6.18. The minimum atomic E-state index is -1.10. The van der Waals surface area contributed by atoms with Crippen molar-refractivity contribution in [2.45, 2.75) is 25.7 Å². The van der Waals surface area contributed by atoms with Gasteiger partial charge in [-0.2, -0.15) is 0 Å². The second-order valence-electron chi connectivity index (χ2n) is 6.18. The van der Waals surface area contributed by atoms with Crippen LogP contribution >= 0.6 is 0 Å². The van der Waals surface area contributed by atoms with Crippen molar-refractivity contribution in [1.82, 2.24) is 0 Å². The highest BCUT2D eigenvalue weighted by atomic mass is 16.5. The van der Waals surface area contributed by atoms with Crippen molar-refractivity contribution in [2.75, 3.05) is 80.5 Å². The molecular formula is C17H35NO6. The van der Waals surface area contributed by atoms with Gasteiger partial charge in [-0.1, -0.05) is 0 Å². The van der Waals surface area contributed by atoms with Crippen LogP contribution in [0, 0.1) is 0 Å². The van der Waals surface area contributed by atoms with Gasteiger partial charge in [-0.15, -0.1) is 0 Å². The lowest BCUT2D eigenvalue weighted by Gasteiger charge is -2.37. The van der Waals surface area contributed by atoms with Crippen LogP contribution in [0.1, 0.15) is 25.7 Å². The van der Waals surface area contributed by atoms with E-state index in [-0.39, 0.29) is 13.0 Å². The summed E-state index contributed by atoms with van der Waals surface area (Å²) in [6.45, 7) is 6.92. The summed E-state index contributed by atoms with van der Waals surface area (Å²) in [5.74, 6) is -1.10. The first-order valence-electron chi connectivity index (χ1n) is 8.71. The Bertz CT molecular complexity index is 295. The van der Waals surface area contributed by atoms with E-state index in [2.05, 4.69) is 7.05 Å². The quantitative estimate of drug-likeness (QED) is 0.367.